The third-order valence-electron chi connectivity index (χ3n) is 11.2. The molecule has 0 unspecified atom stereocenters. The number of anilines is 2. The largest absolute Gasteiger partial charge is 0.465 e. The lowest BCUT2D eigenvalue weighted by molar-refractivity contribution is -0.132. The smallest absolute Gasteiger partial charge is 0.414 e. The molecular weight excluding hydrogens is 987 g/mol. The first-order valence-corrected chi connectivity index (χ1v) is 23.3. The molecule has 0 bridgehead atoms. The zero-order chi connectivity index (χ0) is 54.2. The van der Waals surface area contributed by atoms with Crippen molar-refractivity contribution in [2.45, 2.75) is 65.4 Å². The normalized spacial score (nSPS) is 11.6. The topological polar surface area (TPSA) is 147 Å². The molecule has 0 saturated heterocycles. The van der Waals surface area contributed by atoms with E-state index in [2.05, 4.69) is 15.3 Å². The molecule has 8 aromatic rings. The summed E-state index contributed by atoms with van der Waals surface area (Å²) in [7, 11) is 2.62. The molecule has 4 heterocycles. The van der Waals surface area contributed by atoms with Gasteiger partial charge < -0.3 is 29.0 Å². The van der Waals surface area contributed by atoms with Gasteiger partial charge in [0.25, 0.3) is 0 Å². The average molecular weight is 1040 g/mol. The lowest BCUT2D eigenvalue weighted by Gasteiger charge is -2.28. The zero-order valence-corrected chi connectivity index (χ0v) is 41.8. The summed E-state index contributed by atoms with van der Waals surface area (Å²) in [6.07, 6.45) is -5.47. The Morgan fingerprint density at radius 2 is 1.07 bits per heavy atom. The summed E-state index contributed by atoms with van der Waals surface area (Å²) in [5.74, 6) is 0.833. The highest BCUT2D eigenvalue weighted by Gasteiger charge is 2.33. The van der Waals surface area contributed by atoms with Crippen molar-refractivity contribution in [3.8, 4) is 45.5 Å². The van der Waals surface area contributed by atoms with Crippen LogP contribution in [0.15, 0.2) is 134 Å². The van der Waals surface area contributed by atoms with Crippen LogP contribution in [0.3, 0.4) is 0 Å². The number of halogens is 6. The first-order chi connectivity index (χ1) is 35.5. The summed E-state index contributed by atoms with van der Waals surface area (Å²) in [5.41, 5.74) is 5.09. The number of amides is 1. The van der Waals surface area contributed by atoms with Crippen LogP contribution in [0.5, 0.6) is 23.0 Å². The maximum atomic E-state index is 13.3. The van der Waals surface area contributed by atoms with E-state index < -0.39 is 55.4 Å². The van der Waals surface area contributed by atoms with Crippen LogP contribution in [0.1, 0.15) is 65.5 Å². The minimum Gasteiger partial charge on any atom is -0.465 e. The maximum Gasteiger partial charge on any atom is 0.414 e. The molecule has 20 heteroatoms. The molecule has 0 saturated carbocycles. The first kappa shape index (κ1) is 54.2. The van der Waals surface area contributed by atoms with Crippen molar-refractivity contribution < 1.29 is 64.4 Å². The molecule has 0 fully saturated rings. The van der Waals surface area contributed by atoms with E-state index in [0.717, 1.165) is 16.0 Å². The Kier molecular flexibility index (Phi) is 16.4. The van der Waals surface area contributed by atoms with Crippen molar-refractivity contribution in [3.63, 3.8) is 0 Å². The minimum atomic E-state index is -4.52. The third kappa shape index (κ3) is 13.9. The molecule has 75 heavy (non-hydrogen) atoms. The van der Waals surface area contributed by atoms with Gasteiger partial charge in [-0.15, -0.1) is 0 Å². The van der Waals surface area contributed by atoms with Gasteiger partial charge in [0.15, 0.2) is 11.3 Å². The number of methoxy groups -OCH3 is 2. The van der Waals surface area contributed by atoms with E-state index in [0.29, 0.717) is 62.2 Å². The number of benzene rings is 4. The zero-order valence-electron chi connectivity index (χ0n) is 41.8. The molecule has 1 N–H and O–H groups in total. The van der Waals surface area contributed by atoms with Crippen LogP contribution in [0.4, 0.5) is 42.5 Å². The number of hydrogen-bond acceptors (Lipinski definition) is 11. The Labute approximate surface area is 427 Å². The predicted molar refractivity (Wildman–Crippen MR) is 270 cm³/mol. The number of alkyl halides is 6. The Hall–Kier alpha value is -8.55. The van der Waals surface area contributed by atoms with E-state index >= 15 is 0 Å². The summed E-state index contributed by atoms with van der Waals surface area (Å²) in [6.45, 7) is 7.45. The molecule has 1 amide bonds. The number of rotatable bonds is 14. The number of para-hydroxylation sites is 2. The van der Waals surface area contributed by atoms with Crippen molar-refractivity contribution in [2.75, 3.05) is 37.5 Å². The third-order valence-corrected chi connectivity index (χ3v) is 11.2. The maximum absolute atomic E-state index is 13.3. The van der Waals surface area contributed by atoms with Crippen molar-refractivity contribution >= 4 is 40.7 Å². The van der Waals surface area contributed by atoms with Crippen molar-refractivity contribution in [1.29, 1.82) is 0 Å². The van der Waals surface area contributed by atoms with Gasteiger partial charge in [-0.2, -0.15) is 26.3 Å². The number of hydrogen-bond donors (Lipinski definition) is 1. The minimum absolute atomic E-state index is 0.0751. The summed E-state index contributed by atoms with van der Waals surface area (Å²) < 4.78 is 109. The van der Waals surface area contributed by atoms with Gasteiger partial charge in [0.05, 0.1) is 85.7 Å². The number of fused-ring (bicyclic) bond motifs is 2. The van der Waals surface area contributed by atoms with Crippen LogP contribution in [0.25, 0.3) is 33.8 Å². The molecule has 0 atom stereocenters. The second kappa shape index (κ2) is 22.7. The number of aryl methyl sites for hydroxylation is 2. The van der Waals surface area contributed by atoms with Crippen LogP contribution in [0, 0.1) is 13.8 Å². The number of carbonyl (C=O) groups excluding carboxylic acids is 3. The number of imidazole rings is 2. The monoisotopic (exact) mass is 1040 g/mol. The van der Waals surface area contributed by atoms with E-state index in [1.807, 2.05) is 30.3 Å². The van der Waals surface area contributed by atoms with Gasteiger partial charge in [-0.25, -0.2) is 24.4 Å². The number of nitrogens with one attached hydrogen (secondary N) is 1. The average Bonchev–Trinajstić information content (AvgIpc) is 3.98. The fourth-order valence-electron chi connectivity index (χ4n) is 7.75. The van der Waals surface area contributed by atoms with Crippen LogP contribution < -0.4 is 19.7 Å². The van der Waals surface area contributed by atoms with Gasteiger partial charge >= 0.3 is 30.4 Å². The summed E-state index contributed by atoms with van der Waals surface area (Å²) in [4.78, 5) is 47.1. The van der Waals surface area contributed by atoms with Gasteiger partial charge in [0, 0.05) is 36.3 Å². The van der Waals surface area contributed by atoms with Crippen molar-refractivity contribution in [1.82, 2.24) is 18.8 Å². The second-order valence-electron chi connectivity index (χ2n) is 18.0. The molecule has 0 radical (unpaired) electrons. The SMILES string of the molecule is COC(=O)c1ccc(-c2cnc3c(N(CCC(F)(F)F)C(=O)OC(C)(C)C)cc(Oc4ccccc4)cn23)cc1C.COC(=O)c1ccc(-c2cnc3c(NCCC(F)(F)F)cc(Oc4ccccc4)cn23)cc1C. The Morgan fingerprint density at radius 1 is 0.600 bits per heavy atom. The van der Waals surface area contributed by atoms with Crippen molar-refractivity contribution in [2.24, 2.45) is 0 Å². The van der Waals surface area contributed by atoms with E-state index in [1.165, 1.54) is 26.5 Å². The molecule has 8 rings (SSSR count). The Morgan fingerprint density at radius 3 is 1.52 bits per heavy atom. The van der Waals surface area contributed by atoms with Gasteiger partial charge in [0.1, 0.15) is 28.6 Å². The summed E-state index contributed by atoms with van der Waals surface area (Å²) in [5, 5.41) is 2.83. The fraction of sp³-hybridized carbons (Fsp3) is 0.255. The molecule has 392 valence electrons. The highest BCUT2D eigenvalue weighted by molar-refractivity contribution is 5.95. The number of nitrogens with zero attached hydrogens (tertiary/aromatic N) is 5. The van der Waals surface area contributed by atoms with Gasteiger partial charge in [0.2, 0.25) is 0 Å². The Balaban J connectivity index is 0.000000222. The number of esters is 2. The highest BCUT2D eigenvalue weighted by atomic mass is 19.4. The van der Waals surface area contributed by atoms with Crippen LogP contribution in [-0.4, -0.2) is 82.1 Å². The highest BCUT2D eigenvalue weighted by Crippen LogP contribution is 2.36. The lowest BCUT2D eigenvalue weighted by Crippen LogP contribution is -2.39. The number of ether oxygens (including phenoxy) is 5. The molecule has 0 aliphatic carbocycles. The molecule has 0 aliphatic heterocycles. The lowest BCUT2D eigenvalue weighted by atomic mass is 10.0. The van der Waals surface area contributed by atoms with Crippen LogP contribution in [-0.2, 0) is 14.2 Å². The second-order valence-corrected chi connectivity index (χ2v) is 18.0. The number of aromatic nitrogens is 4. The van der Waals surface area contributed by atoms with Crippen LogP contribution >= 0.6 is 0 Å². The molecule has 4 aromatic heterocycles. The van der Waals surface area contributed by atoms with E-state index in [9.17, 15) is 40.7 Å². The number of carbonyl (C=O) groups is 3. The van der Waals surface area contributed by atoms with Gasteiger partial charge in [-0.3, -0.25) is 13.7 Å². The van der Waals surface area contributed by atoms with Gasteiger partial charge in [-0.05, 0) is 94.3 Å². The standard InChI is InChI=1S/C30H30F3N3O5.C25H22F3N3O3/c1-19-15-20(11-12-23(19)27(37)39-5)25-17-34-26-24(16-22(18-36(25)26)40-21-9-7-6-8-10-21)35(14-13-30(31,32)33)28(38)41-29(2,3)4;1-16-12-17(8-9-20(16)24(32)33-2)22-14-30-23-21(29-11-10-25(26,27)28)13-19(15-31(22)23)34-18-6-4-3-5-7-18/h6-12,15-18H,13-14H2,1-5H3;3-9,12-15,29H,10-11H2,1-2H3. The van der Waals surface area contributed by atoms with E-state index in [-0.39, 0.29) is 23.6 Å². The molecule has 14 nitrogen and oxygen atoms in total. The summed E-state index contributed by atoms with van der Waals surface area (Å²) >= 11 is 0. The summed E-state index contributed by atoms with van der Waals surface area (Å²) in [6, 6.07) is 31.4. The number of pyridine rings is 2. The van der Waals surface area contributed by atoms with Crippen LogP contribution in [0.2, 0.25) is 0 Å². The fourth-order valence-corrected chi connectivity index (χ4v) is 7.75. The van der Waals surface area contributed by atoms with Crippen molar-refractivity contribution in [3.05, 3.63) is 156 Å². The molecule has 0 spiro atoms. The molecule has 4 aromatic carbocycles. The van der Waals surface area contributed by atoms with E-state index in [4.69, 9.17) is 23.7 Å². The first-order valence-electron chi connectivity index (χ1n) is 23.3. The quantitative estimate of drug-likeness (QED) is 0.0630. The molecular formula is C55H52F6N6O8. The Bertz CT molecular complexity index is 3320. The molecule has 0 aliphatic rings. The predicted octanol–water partition coefficient (Wildman–Crippen LogP) is 13.8. The van der Waals surface area contributed by atoms with E-state index in [1.54, 1.807) is 135 Å². The van der Waals surface area contributed by atoms with Gasteiger partial charge in [-0.1, -0.05) is 48.5 Å².